The van der Waals surface area contributed by atoms with E-state index in [1.807, 2.05) is 0 Å². The first-order valence-electron chi connectivity index (χ1n) is 7.16. The summed E-state index contributed by atoms with van der Waals surface area (Å²) in [4.78, 5) is 5.55. The number of aromatic amines is 1. The standard InChI is InChI=1S/C16H11ClF3N3O2S/c17-11-3-1-10(2-4-11)7-8-26(24,25)23-12-5-6-13-14(9-12)22-15(21-13)16(18,19)20/h1-9,23H,(H,21,22). The molecule has 10 heteroatoms. The first-order chi connectivity index (χ1) is 12.1. The minimum Gasteiger partial charge on any atom is -0.334 e. The summed E-state index contributed by atoms with van der Waals surface area (Å²) in [6.45, 7) is 0. The zero-order valence-electron chi connectivity index (χ0n) is 12.9. The fraction of sp³-hybridized carbons (Fsp3) is 0.0625. The van der Waals surface area contributed by atoms with E-state index in [2.05, 4.69) is 14.7 Å². The molecule has 0 radical (unpaired) electrons. The molecule has 0 amide bonds. The molecule has 0 saturated heterocycles. The highest BCUT2D eigenvalue weighted by molar-refractivity contribution is 7.95. The highest BCUT2D eigenvalue weighted by Gasteiger charge is 2.34. The maximum atomic E-state index is 12.7. The quantitative estimate of drug-likeness (QED) is 0.668. The van der Waals surface area contributed by atoms with Gasteiger partial charge in [-0.15, -0.1) is 0 Å². The van der Waals surface area contributed by atoms with Crippen LogP contribution in [0.25, 0.3) is 17.1 Å². The Morgan fingerprint density at radius 3 is 2.46 bits per heavy atom. The molecule has 0 aliphatic heterocycles. The minimum absolute atomic E-state index is 0.0687. The topological polar surface area (TPSA) is 74.8 Å². The number of hydrogen-bond acceptors (Lipinski definition) is 3. The van der Waals surface area contributed by atoms with Crippen molar-refractivity contribution in [2.45, 2.75) is 6.18 Å². The van der Waals surface area contributed by atoms with Gasteiger partial charge in [0.2, 0.25) is 5.82 Å². The summed E-state index contributed by atoms with van der Waals surface area (Å²) < 4.78 is 64.5. The number of nitrogens with one attached hydrogen (secondary N) is 2. The third-order valence-corrected chi connectivity index (χ3v) is 4.59. The lowest BCUT2D eigenvalue weighted by atomic mass is 10.2. The first-order valence-corrected chi connectivity index (χ1v) is 9.08. The fourth-order valence-corrected chi connectivity index (χ4v) is 3.13. The molecule has 0 atom stereocenters. The molecule has 0 spiro atoms. The number of fused-ring (bicyclic) bond motifs is 1. The van der Waals surface area contributed by atoms with Crippen LogP contribution < -0.4 is 4.72 Å². The number of sulfonamides is 1. The SMILES string of the molecule is O=S(=O)(C=Cc1ccc(Cl)cc1)Nc1ccc2nc(C(F)(F)F)[nH]c2c1. The van der Waals surface area contributed by atoms with Crippen molar-refractivity contribution in [3.63, 3.8) is 0 Å². The van der Waals surface area contributed by atoms with E-state index in [1.54, 1.807) is 24.3 Å². The van der Waals surface area contributed by atoms with Crippen LogP contribution >= 0.6 is 11.6 Å². The van der Waals surface area contributed by atoms with Gasteiger partial charge in [0.1, 0.15) is 0 Å². The Balaban J connectivity index is 1.81. The number of H-pyrrole nitrogens is 1. The van der Waals surface area contributed by atoms with Gasteiger partial charge in [0.15, 0.2) is 0 Å². The maximum Gasteiger partial charge on any atom is 0.449 e. The van der Waals surface area contributed by atoms with Crippen LogP contribution in [-0.4, -0.2) is 18.4 Å². The van der Waals surface area contributed by atoms with Crippen molar-refractivity contribution < 1.29 is 21.6 Å². The molecule has 3 rings (SSSR count). The summed E-state index contributed by atoms with van der Waals surface area (Å²) >= 11 is 5.75. The number of alkyl halides is 3. The van der Waals surface area contributed by atoms with Gasteiger partial charge in [-0.05, 0) is 42.0 Å². The van der Waals surface area contributed by atoms with Crippen LogP contribution in [0.1, 0.15) is 11.4 Å². The van der Waals surface area contributed by atoms with E-state index in [0.717, 1.165) is 5.41 Å². The monoisotopic (exact) mass is 401 g/mol. The predicted molar refractivity (Wildman–Crippen MR) is 94.1 cm³/mol. The number of benzene rings is 2. The zero-order chi connectivity index (χ0) is 18.9. The number of nitrogens with zero attached hydrogens (tertiary/aromatic N) is 1. The van der Waals surface area contributed by atoms with Crippen molar-refractivity contribution >= 4 is 44.4 Å². The molecule has 26 heavy (non-hydrogen) atoms. The normalized spacial score (nSPS) is 12.8. The Bertz CT molecular complexity index is 1070. The average molecular weight is 402 g/mol. The third-order valence-electron chi connectivity index (χ3n) is 3.32. The molecule has 0 aliphatic carbocycles. The number of imidazole rings is 1. The molecule has 136 valence electrons. The second kappa shape index (κ2) is 6.65. The molecule has 0 unspecified atom stereocenters. The van der Waals surface area contributed by atoms with Gasteiger partial charge in [-0.1, -0.05) is 23.7 Å². The van der Waals surface area contributed by atoms with E-state index in [4.69, 9.17) is 11.6 Å². The van der Waals surface area contributed by atoms with Crippen molar-refractivity contribution in [2.24, 2.45) is 0 Å². The summed E-state index contributed by atoms with van der Waals surface area (Å²) in [5, 5.41) is 1.48. The summed E-state index contributed by atoms with van der Waals surface area (Å²) in [7, 11) is -3.85. The highest BCUT2D eigenvalue weighted by atomic mass is 35.5. The highest BCUT2D eigenvalue weighted by Crippen LogP contribution is 2.29. The number of hydrogen-bond donors (Lipinski definition) is 2. The average Bonchev–Trinajstić information content (AvgIpc) is 2.97. The van der Waals surface area contributed by atoms with Crippen molar-refractivity contribution in [1.29, 1.82) is 0 Å². The van der Waals surface area contributed by atoms with E-state index in [1.165, 1.54) is 24.3 Å². The van der Waals surface area contributed by atoms with Crippen LogP contribution in [0.3, 0.4) is 0 Å². The lowest BCUT2D eigenvalue weighted by Gasteiger charge is -2.04. The Labute approximate surface area is 151 Å². The lowest BCUT2D eigenvalue weighted by Crippen LogP contribution is -2.08. The van der Waals surface area contributed by atoms with Crippen molar-refractivity contribution in [1.82, 2.24) is 9.97 Å². The molecule has 0 aliphatic rings. The molecular weight excluding hydrogens is 391 g/mol. The number of aromatic nitrogens is 2. The third kappa shape index (κ3) is 4.36. The lowest BCUT2D eigenvalue weighted by molar-refractivity contribution is -0.144. The molecular formula is C16H11ClF3N3O2S. The van der Waals surface area contributed by atoms with E-state index in [9.17, 15) is 21.6 Å². The summed E-state index contributed by atoms with van der Waals surface area (Å²) in [6, 6.07) is 10.4. The van der Waals surface area contributed by atoms with E-state index < -0.39 is 22.0 Å². The summed E-state index contributed by atoms with van der Waals surface area (Å²) in [6.07, 6.45) is -3.24. The van der Waals surface area contributed by atoms with Crippen LogP contribution in [0.4, 0.5) is 18.9 Å². The Morgan fingerprint density at radius 1 is 1.12 bits per heavy atom. The van der Waals surface area contributed by atoms with Crippen molar-refractivity contribution in [3.8, 4) is 0 Å². The molecule has 1 heterocycles. The number of rotatable bonds is 4. The maximum absolute atomic E-state index is 12.7. The largest absolute Gasteiger partial charge is 0.449 e. The molecule has 1 aromatic heterocycles. The Morgan fingerprint density at radius 2 is 1.81 bits per heavy atom. The molecule has 0 bridgehead atoms. The first kappa shape index (κ1) is 18.3. The molecule has 5 nitrogen and oxygen atoms in total. The molecule has 3 aromatic rings. The summed E-state index contributed by atoms with van der Waals surface area (Å²) in [5.74, 6) is -1.14. The summed E-state index contributed by atoms with van der Waals surface area (Å²) in [5.41, 5.74) is 0.880. The number of halogens is 4. The Kier molecular flexibility index (Phi) is 4.68. The van der Waals surface area contributed by atoms with E-state index in [-0.39, 0.29) is 16.7 Å². The van der Waals surface area contributed by atoms with Crippen molar-refractivity contribution in [2.75, 3.05) is 4.72 Å². The fourth-order valence-electron chi connectivity index (χ4n) is 2.15. The second-order valence-electron chi connectivity index (χ2n) is 5.32. The van der Waals surface area contributed by atoms with Gasteiger partial charge in [-0.25, -0.2) is 13.4 Å². The van der Waals surface area contributed by atoms with Gasteiger partial charge in [-0.2, -0.15) is 13.2 Å². The van der Waals surface area contributed by atoms with Crippen LogP contribution in [0.15, 0.2) is 47.9 Å². The van der Waals surface area contributed by atoms with Crippen LogP contribution in [0.5, 0.6) is 0 Å². The minimum atomic E-state index is -4.61. The van der Waals surface area contributed by atoms with Gasteiger partial charge in [-0.3, -0.25) is 4.72 Å². The van der Waals surface area contributed by atoms with Crippen LogP contribution in [0.2, 0.25) is 5.02 Å². The van der Waals surface area contributed by atoms with Gasteiger partial charge in [0, 0.05) is 5.02 Å². The molecule has 2 N–H and O–H groups in total. The van der Waals surface area contributed by atoms with Gasteiger partial charge in [0.05, 0.1) is 22.1 Å². The predicted octanol–water partition coefficient (Wildman–Crippen LogP) is 4.65. The smallest absolute Gasteiger partial charge is 0.334 e. The van der Waals surface area contributed by atoms with Gasteiger partial charge in [0.25, 0.3) is 10.0 Å². The number of anilines is 1. The van der Waals surface area contributed by atoms with Crippen LogP contribution in [-0.2, 0) is 16.2 Å². The molecule has 0 fully saturated rings. The van der Waals surface area contributed by atoms with Crippen LogP contribution in [0, 0.1) is 0 Å². The Hall–Kier alpha value is -2.52. The second-order valence-corrected chi connectivity index (χ2v) is 7.32. The zero-order valence-corrected chi connectivity index (χ0v) is 14.5. The molecule has 2 aromatic carbocycles. The van der Waals surface area contributed by atoms with Crippen molar-refractivity contribution in [3.05, 3.63) is 64.3 Å². The van der Waals surface area contributed by atoms with Gasteiger partial charge < -0.3 is 4.98 Å². The molecule has 0 saturated carbocycles. The van der Waals surface area contributed by atoms with E-state index >= 15 is 0 Å². The van der Waals surface area contributed by atoms with Gasteiger partial charge >= 0.3 is 6.18 Å². The van der Waals surface area contributed by atoms with E-state index in [0.29, 0.717) is 10.6 Å².